The van der Waals surface area contributed by atoms with Crippen molar-refractivity contribution in [3.8, 4) is 6.07 Å². The molecule has 2 atom stereocenters. The average Bonchev–Trinajstić information content (AvgIpc) is 2.85. The van der Waals surface area contributed by atoms with Crippen LogP contribution in [0.1, 0.15) is 49.7 Å². The summed E-state index contributed by atoms with van der Waals surface area (Å²) in [7, 11) is 0. The van der Waals surface area contributed by atoms with Crippen molar-refractivity contribution in [1.29, 1.82) is 5.26 Å². The molecule has 1 heterocycles. The molecule has 0 saturated heterocycles. The minimum absolute atomic E-state index is 0.250. The van der Waals surface area contributed by atoms with E-state index in [1.807, 2.05) is 13.8 Å². The minimum atomic E-state index is -0.481. The van der Waals surface area contributed by atoms with Gasteiger partial charge in [-0.1, -0.05) is 6.42 Å². The first-order valence-electron chi connectivity index (χ1n) is 5.67. The van der Waals surface area contributed by atoms with Gasteiger partial charge in [0.05, 0.1) is 11.8 Å². The summed E-state index contributed by atoms with van der Waals surface area (Å²) in [6.45, 7) is 3.81. The molecular formula is C12H17N3S. The second-order valence-corrected chi connectivity index (χ2v) is 5.87. The van der Waals surface area contributed by atoms with E-state index in [0.717, 1.165) is 23.5 Å². The van der Waals surface area contributed by atoms with Crippen molar-refractivity contribution in [1.82, 2.24) is 4.98 Å². The average molecular weight is 235 g/mol. The fourth-order valence-electron chi connectivity index (χ4n) is 2.15. The van der Waals surface area contributed by atoms with E-state index < -0.39 is 5.41 Å². The standard InChI is InChI=1S/C12H17N3S/c1-12(2,7-13)11-15-10(6-16-11)8-4-3-5-9(8)14/h6,8-9H,3-5,14H2,1-2H3. The Labute approximate surface area is 100 Å². The number of hydrogen-bond donors (Lipinski definition) is 1. The third kappa shape index (κ3) is 1.98. The van der Waals surface area contributed by atoms with E-state index >= 15 is 0 Å². The first-order chi connectivity index (χ1) is 7.54. The van der Waals surface area contributed by atoms with E-state index in [4.69, 9.17) is 11.0 Å². The lowest BCUT2D eigenvalue weighted by atomic mass is 9.96. The number of rotatable bonds is 2. The van der Waals surface area contributed by atoms with Gasteiger partial charge in [0.15, 0.2) is 0 Å². The second-order valence-electron chi connectivity index (χ2n) is 5.02. The molecule has 1 aliphatic rings. The summed E-state index contributed by atoms with van der Waals surface area (Å²) in [5, 5.41) is 12.0. The van der Waals surface area contributed by atoms with Crippen molar-refractivity contribution in [2.45, 2.75) is 50.5 Å². The molecule has 1 aliphatic carbocycles. The number of thiazole rings is 1. The minimum Gasteiger partial charge on any atom is -0.327 e. The predicted octanol–water partition coefficient (Wildman–Crippen LogP) is 2.54. The van der Waals surface area contributed by atoms with Crippen LogP contribution in [0.4, 0.5) is 0 Å². The number of hydrogen-bond acceptors (Lipinski definition) is 4. The maximum absolute atomic E-state index is 9.07. The van der Waals surface area contributed by atoms with Gasteiger partial charge in [-0.3, -0.25) is 0 Å². The fourth-order valence-corrected chi connectivity index (χ4v) is 3.11. The SMILES string of the molecule is CC(C)(C#N)c1nc(C2CCCC2N)cs1. The summed E-state index contributed by atoms with van der Waals surface area (Å²) in [5.74, 6) is 0.402. The molecule has 0 spiro atoms. The zero-order valence-electron chi connectivity index (χ0n) is 9.73. The quantitative estimate of drug-likeness (QED) is 0.856. The molecule has 1 aromatic rings. The molecule has 86 valence electrons. The lowest BCUT2D eigenvalue weighted by Crippen LogP contribution is -2.23. The smallest absolute Gasteiger partial charge is 0.113 e. The molecule has 2 unspecified atom stereocenters. The highest BCUT2D eigenvalue weighted by Crippen LogP contribution is 2.35. The van der Waals surface area contributed by atoms with E-state index in [9.17, 15) is 0 Å². The van der Waals surface area contributed by atoms with E-state index in [1.54, 1.807) is 11.3 Å². The molecule has 2 rings (SSSR count). The van der Waals surface area contributed by atoms with Crippen molar-refractivity contribution >= 4 is 11.3 Å². The van der Waals surface area contributed by atoms with E-state index in [-0.39, 0.29) is 6.04 Å². The highest BCUT2D eigenvalue weighted by molar-refractivity contribution is 7.09. The van der Waals surface area contributed by atoms with Crippen molar-refractivity contribution in [3.05, 3.63) is 16.1 Å². The maximum Gasteiger partial charge on any atom is 0.113 e. The fraction of sp³-hybridized carbons (Fsp3) is 0.667. The van der Waals surface area contributed by atoms with E-state index in [1.165, 1.54) is 6.42 Å². The monoisotopic (exact) mass is 235 g/mol. The van der Waals surface area contributed by atoms with Gasteiger partial charge in [0.2, 0.25) is 0 Å². The van der Waals surface area contributed by atoms with Gasteiger partial charge in [-0.15, -0.1) is 11.3 Å². The number of nitrogens with two attached hydrogens (primary N) is 1. The molecular weight excluding hydrogens is 218 g/mol. The van der Waals surface area contributed by atoms with Crippen molar-refractivity contribution in [2.75, 3.05) is 0 Å². The number of nitriles is 1. The molecule has 16 heavy (non-hydrogen) atoms. The topological polar surface area (TPSA) is 62.7 Å². The third-order valence-electron chi connectivity index (χ3n) is 3.29. The van der Waals surface area contributed by atoms with Crippen LogP contribution >= 0.6 is 11.3 Å². The van der Waals surface area contributed by atoms with Gasteiger partial charge in [-0.2, -0.15) is 5.26 Å². The Morgan fingerprint density at radius 2 is 2.31 bits per heavy atom. The largest absolute Gasteiger partial charge is 0.327 e. The Kier molecular flexibility index (Phi) is 3.00. The van der Waals surface area contributed by atoms with Gasteiger partial charge in [0, 0.05) is 17.3 Å². The van der Waals surface area contributed by atoms with Gasteiger partial charge in [0.1, 0.15) is 10.4 Å². The van der Waals surface area contributed by atoms with Crippen LogP contribution in [0.5, 0.6) is 0 Å². The molecule has 3 nitrogen and oxygen atoms in total. The van der Waals surface area contributed by atoms with Gasteiger partial charge in [0.25, 0.3) is 0 Å². The number of aromatic nitrogens is 1. The molecule has 4 heteroatoms. The zero-order valence-corrected chi connectivity index (χ0v) is 10.5. The van der Waals surface area contributed by atoms with E-state index in [2.05, 4.69) is 16.4 Å². The van der Waals surface area contributed by atoms with Crippen molar-refractivity contribution < 1.29 is 0 Å². The van der Waals surface area contributed by atoms with Crippen molar-refractivity contribution in [2.24, 2.45) is 5.73 Å². The highest BCUT2D eigenvalue weighted by atomic mass is 32.1. The van der Waals surface area contributed by atoms with Crippen LogP contribution in [0.3, 0.4) is 0 Å². The number of nitrogens with zero attached hydrogens (tertiary/aromatic N) is 2. The van der Waals surface area contributed by atoms with Crippen LogP contribution in [0.15, 0.2) is 5.38 Å². The van der Waals surface area contributed by atoms with Gasteiger partial charge < -0.3 is 5.73 Å². The lowest BCUT2D eigenvalue weighted by molar-refractivity contribution is 0.592. The summed E-state index contributed by atoms with van der Waals surface area (Å²) >= 11 is 1.58. The highest BCUT2D eigenvalue weighted by Gasteiger charge is 2.30. The molecule has 1 aromatic heterocycles. The van der Waals surface area contributed by atoms with Gasteiger partial charge in [-0.25, -0.2) is 4.98 Å². The maximum atomic E-state index is 9.07. The van der Waals surface area contributed by atoms with Crippen LogP contribution in [0, 0.1) is 11.3 Å². The summed E-state index contributed by atoms with van der Waals surface area (Å²) in [6.07, 6.45) is 3.43. The Balaban J connectivity index is 2.23. The molecule has 0 radical (unpaired) electrons. The molecule has 0 amide bonds. The zero-order chi connectivity index (χ0) is 11.8. The van der Waals surface area contributed by atoms with E-state index in [0.29, 0.717) is 5.92 Å². The Morgan fingerprint density at radius 1 is 1.56 bits per heavy atom. The molecule has 0 aliphatic heterocycles. The Bertz CT molecular complexity index is 416. The molecule has 2 N–H and O–H groups in total. The summed E-state index contributed by atoms with van der Waals surface area (Å²) < 4.78 is 0. The van der Waals surface area contributed by atoms with Crippen LogP contribution in [0.25, 0.3) is 0 Å². The third-order valence-corrected chi connectivity index (χ3v) is 4.47. The Morgan fingerprint density at radius 3 is 2.88 bits per heavy atom. The normalized spacial score (nSPS) is 25.6. The first-order valence-corrected chi connectivity index (χ1v) is 6.55. The van der Waals surface area contributed by atoms with Gasteiger partial charge in [-0.05, 0) is 26.7 Å². The van der Waals surface area contributed by atoms with Crippen molar-refractivity contribution in [3.63, 3.8) is 0 Å². The predicted molar refractivity (Wildman–Crippen MR) is 65.3 cm³/mol. The van der Waals surface area contributed by atoms with Crippen LogP contribution in [-0.2, 0) is 5.41 Å². The molecule has 1 fully saturated rings. The molecule has 0 bridgehead atoms. The Hall–Kier alpha value is -0.920. The summed E-state index contributed by atoms with van der Waals surface area (Å²) in [4.78, 5) is 4.60. The summed E-state index contributed by atoms with van der Waals surface area (Å²) in [6, 6.07) is 2.54. The van der Waals surface area contributed by atoms with Crippen LogP contribution < -0.4 is 5.73 Å². The molecule has 0 aromatic carbocycles. The molecule has 1 saturated carbocycles. The van der Waals surface area contributed by atoms with Crippen LogP contribution in [-0.4, -0.2) is 11.0 Å². The van der Waals surface area contributed by atoms with Crippen LogP contribution in [0.2, 0.25) is 0 Å². The lowest BCUT2D eigenvalue weighted by Gasteiger charge is -2.13. The van der Waals surface area contributed by atoms with Gasteiger partial charge >= 0.3 is 0 Å². The second kappa shape index (κ2) is 4.15. The first kappa shape index (κ1) is 11.6. The summed E-state index contributed by atoms with van der Waals surface area (Å²) in [5.41, 5.74) is 6.67.